The molecule has 0 saturated carbocycles. The van der Waals surface area contributed by atoms with Gasteiger partial charge in [0, 0.05) is 0 Å². The van der Waals surface area contributed by atoms with E-state index in [-0.39, 0.29) is 6.47 Å². The van der Waals surface area contributed by atoms with Crippen molar-refractivity contribution in [3.05, 3.63) is 30.3 Å². The largest absolute Gasteiger partial charge is 0.476 e. The van der Waals surface area contributed by atoms with Crippen molar-refractivity contribution < 1.29 is 24.2 Å². The van der Waals surface area contributed by atoms with Crippen LogP contribution < -0.4 is 4.74 Å². The van der Waals surface area contributed by atoms with Crippen molar-refractivity contribution in [3.63, 3.8) is 0 Å². The monoisotopic (exact) mass is 196 g/mol. The van der Waals surface area contributed by atoms with Crippen LogP contribution in [-0.2, 0) is 14.3 Å². The number of hydrogen-bond donors (Lipinski definition) is 1. The highest BCUT2D eigenvalue weighted by Crippen LogP contribution is 2.11. The summed E-state index contributed by atoms with van der Waals surface area (Å²) < 4.78 is 9.07. The van der Waals surface area contributed by atoms with Crippen molar-refractivity contribution in [2.45, 2.75) is 6.29 Å². The lowest BCUT2D eigenvalue weighted by molar-refractivity contribution is -0.174. The summed E-state index contributed by atoms with van der Waals surface area (Å²) in [6.07, 6.45) is -1.60. The van der Waals surface area contributed by atoms with Crippen LogP contribution in [0.4, 0.5) is 0 Å². The molecule has 1 atom stereocenters. The molecule has 0 spiro atoms. The first kappa shape index (κ1) is 10.0. The van der Waals surface area contributed by atoms with Crippen LogP contribution >= 0.6 is 0 Å². The first-order valence-electron chi connectivity index (χ1n) is 3.77. The SMILES string of the molecule is O=COC(Oc1ccccc1)C(=O)O. The van der Waals surface area contributed by atoms with Crippen LogP contribution in [0.2, 0.25) is 0 Å². The van der Waals surface area contributed by atoms with Crippen LogP contribution in [0.25, 0.3) is 0 Å². The minimum atomic E-state index is -1.60. The number of carbonyl (C=O) groups is 2. The van der Waals surface area contributed by atoms with Gasteiger partial charge in [0.05, 0.1) is 0 Å². The molecule has 0 heterocycles. The molecule has 0 radical (unpaired) electrons. The molecule has 0 bridgehead atoms. The van der Waals surface area contributed by atoms with E-state index in [1.807, 2.05) is 0 Å². The molecular weight excluding hydrogens is 188 g/mol. The summed E-state index contributed by atoms with van der Waals surface area (Å²) in [4.78, 5) is 20.4. The molecule has 1 N–H and O–H groups in total. The van der Waals surface area contributed by atoms with Gasteiger partial charge in [-0.25, -0.2) is 4.79 Å². The van der Waals surface area contributed by atoms with Crippen molar-refractivity contribution in [1.82, 2.24) is 0 Å². The molecule has 1 aromatic carbocycles. The van der Waals surface area contributed by atoms with Gasteiger partial charge in [0.25, 0.3) is 6.47 Å². The van der Waals surface area contributed by atoms with Crippen LogP contribution in [0.1, 0.15) is 0 Å². The van der Waals surface area contributed by atoms with Gasteiger partial charge < -0.3 is 14.6 Å². The average molecular weight is 196 g/mol. The number of ether oxygens (including phenoxy) is 2. The maximum Gasteiger partial charge on any atom is 0.387 e. The molecule has 1 aromatic rings. The molecule has 0 aromatic heterocycles. The van der Waals surface area contributed by atoms with E-state index < -0.39 is 12.3 Å². The Morgan fingerprint density at radius 3 is 2.50 bits per heavy atom. The Hall–Kier alpha value is -2.04. The molecule has 0 amide bonds. The fourth-order valence-corrected chi connectivity index (χ4v) is 0.810. The second kappa shape index (κ2) is 4.86. The highest BCUT2D eigenvalue weighted by molar-refractivity contribution is 5.72. The predicted molar refractivity (Wildman–Crippen MR) is 45.6 cm³/mol. The van der Waals surface area contributed by atoms with Gasteiger partial charge in [-0.05, 0) is 12.1 Å². The number of hydrogen-bond acceptors (Lipinski definition) is 4. The Kier molecular flexibility index (Phi) is 3.49. The van der Waals surface area contributed by atoms with Crippen LogP contribution in [0.15, 0.2) is 30.3 Å². The molecule has 0 aliphatic rings. The summed E-state index contributed by atoms with van der Waals surface area (Å²) in [6.45, 7) is 0.0295. The van der Waals surface area contributed by atoms with Crippen LogP contribution in [0.5, 0.6) is 5.75 Å². The van der Waals surface area contributed by atoms with Crippen molar-refractivity contribution in [1.29, 1.82) is 0 Å². The molecular formula is C9H8O5. The summed E-state index contributed by atoms with van der Waals surface area (Å²) in [5.41, 5.74) is 0. The molecule has 1 rings (SSSR count). The van der Waals surface area contributed by atoms with Gasteiger partial charge in [-0.1, -0.05) is 18.2 Å². The number of carboxylic acids is 1. The van der Waals surface area contributed by atoms with Gasteiger partial charge in [-0.15, -0.1) is 0 Å². The third-order valence-corrected chi connectivity index (χ3v) is 1.37. The number of aliphatic carboxylic acids is 1. The number of benzene rings is 1. The van der Waals surface area contributed by atoms with Gasteiger partial charge in [0.1, 0.15) is 5.75 Å². The first-order chi connectivity index (χ1) is 6.74. The molecule has 74 valence electrons. The fraction of sp³-hybridized carbons (Fsp3) is 0.111. The Morgan fingerprint density at radius 2 is 2.00 bits per heavy atom. The molecule has 1 unspecified atom stereocenters. The zero-order valence-corrected chi connectivity index (χ0v) is 7.12. The van der Waals surface area contributed by atoms with E-state index >= 15 is 0 Å². The van der Waals surface area contributed by atoms with E-state index in [2.05, 4.69) is 4.74 Å². The number of rotatable bonds is 5. The maximum atomic E-state index is 10.5. The van der Waals surface area contributed by atoms with Gasteiger partial charge in [-0.2, -0.15) is 0 Å². The van der Waals surface area contributed by atoms with Crippen molar-refractivity contribution in [2.75, 3.05) is 0 Å². The van der Waals surface area contributed by atoms with E-state index in [1.165, 1.54) is 0 Å². The first-order valence-corrected chi connectivity index (χ1v) is 3.77. The van der Waals surface area contributed by atoms with Gasteiger partial charge in [0.2, 0.25) is 0 Å². The molecule has 0 fully saturated rings. The second-order valence-electron chi connectivity index (χ2n) is 2.33. The Morgan fingerprint density at radius 1 is 1.36 bits per heavy atom. The van der Waals surface area contributed by atoms with Crippen molar-refractivity contribution in [3.8, 4) is 5.75 Å². The van der Waals surface area contributed by atoms with Gasteiger partial charge >= 0.3 is 12.3 Å². The summed E-state index contributed by atoms with van der Waals surface area (Å²) >= 11 is 0. The summed E-state index contributed by atoms with van der Waals surface area (Å²) in [5, 5.41) is 8.56. The van der Waals surface area contributed by atoms with Crippen molar-refractivity contribution in [2.24, 2.45) is 0 Å². The Balaban J connectivity index is 2.64. The van der Waals surface area contributed by atoms with E-state index in [0.29, 0.717) is 5.75 Å². The average Bonchev–Trinajstić information content (AvgIpc) is 2.18. The summed E-state index contributed by atoms with van der Waals surface area (Å²) in [5.74, 6) is -1.04. The smallest absolute Gasteiger partial charge is 0.387 e. The molecule has 0 saturated heterocycles. The third-order valence-electron chi connectivity index (χ3n) is 1.37. The van der Waals surface area contributed by atoms with E-state index in [1.54, 1.807) is 30.3 Å². The van der Waals surface area contributed by atoms with Crippen LogP contribution in [0, 0.1) is 0 Å². The number of para-hydroxylation sites is 1. The second-order valence-corrected chi connectivity index (χ2v) is 2.33. The van der Waals surface area contributed by atoms with E-state index in [9.17, 15) is 9.59 Å². The van der Waals surface area contributed by atoms with Crippen molar-refractivity contribution >= 4 is 12.4 Å². The molecule has 14 heavy (non-hydrogen) atoms. The lowest BCUT2D eigenvalue weighted by Crippen LogP contribution is -2.29. The molecule has 0 aliphatic heterocycles. The highest BCUT2D eigenvalue weighted by atomic mass is 16.7. The minimum Gasteiger partial charge on any atom is -0.476 e. The molecule has 5 heteroatoms. The number of carboxylic acid groups (broad SMARTS) is 1. The Bertz CT molecular complexity index is 308. The quantitative estimate of drug-likeness (QED) is 0.552. The van der Waals surface area contributed by atoms with E-state index in [4.69, 9.17) is 9.84 Å². The van der Waals surface area contributed by atoms with Crippen LogP contribution in [-0.4, -0.2) is 23.8 Å². The normalized spacial score (nSPS) is 11.4. The standard InChI is InChI=1S/C9H8O5/c10-6-13-9(8(11)12)14-7-4-2-1-3-5-7/h1-6,9H,(H,11,12). The summed E-state index contributed by atoms with van der Waals surface area (Å²) in [6, 6.07) is 8.22. The fourth-order valence-electron chi connectivity index (χ4n) is 0.810. The molecule has 0 aliphatic carbocycles. The van der Waals surface area contributed by atoms with Gasteiger partial charge in [-0.3, -0.25) is 4.79 Å². The van der Waals surface area contributed by atoms with E-state index in [0.717, 1.165) is 0 Å². The molecule has 5 nitrogen and oxygen atoms in total. The minimum absolute atomic E-state index is 0.0295. The maximum absolute atomic E-state index is 10.5. The summed E-state index contributed by atoms with van der Waals surface area (Å²) in [7, 11) is 0. The van der Waals surface area contributed by atoms with Crippen LogP contribution in [0.3, 0.4) is 0 Å². The zero-order valence-electron chi connectivity index (χ0n) is 7.12. The topological polar surface area (TPSA) is 72.8 Å². The lowest BCUT2D eigenvalue weighted by Gasteiger charge is -2.12. The van der Waals surface area contributed by atoms with Gasteiger partial charge in [0.15, 0.2) is 0 Å². The Labute approximate surface area is 79.9 Å². The highest BCUT2D eigenvalue weighted by Gasteiger charge is 2.19. The predicted octanol–water partition coefficient (Wildman–Crippen LogP) is 0.649. The lowest BCUT2D eigenvalue weighted by atomic mass is 10.3. The number of carbonyl (C=O) groups excluding carboxylic acids is 1. The zero-order chi connectivity index (χ0) is 10.4. The third kappa shape index (κ3) is 2.78.